The summed E-state index contributed by atoms with van der Waals surface area (Å²) >= 11 is 17.6. The van der Waals surface area contributed by atoms with Crippen LogP contribution in [0.15, 0.2) is 24.3 Å². The minimum absolute atomic E-state index is 0.00238. The van der Waals surface area contributed by atoms with Crippen LogP contribution in [-0.4, -0.2) is 20.3 Å². The van der Waals surface area contributed by atoms with Crippen molar-refractivity contribution in [3.8, 4) is 0 Å². The maximum Gasteiger partial charge on any atom is 0.341 e. The molecule has 0 radical (unpaired) electrons. The molecule has 0 unspecified atom stereocenters. The van der Waals surface area contributed by atoms with Crippen LogP contribution in [0.25, 0.3) is 0 Å². The lowest BCUT2D eigenvalue weighted by Gasteiger charge is -2.35. The molecule has 0 bridgehead atoms. The molecule has 0 spiro atoms. The maximum atomic E-state index is 12.3. The van der Waals surface area contributed by atoms with Crippen LogP contribution >= 0.6 is 33.2 Å². The number of hydrogen-bond donors (Lipinski definition) is 0. The summed E-state index contributed by atoms with van der Waals surface area (Å²) in [5, 5.41) is -0.00238. The van der Waals surface area contributed by atoms with Gasteiger partial charge < -0.3 is 4.43 Å². The van der Waals surface area contributed by atoms with Gasteiger partial charge in [-0.2, -0.15) is 0 Å². The van der Waals surface area contributed by atoms with E-state index in [0.717, 1.165) is 5.56 Å². The van der Waals surface area contributed by atoms with Crippen LogP contribution in [0.5, 0.6) is 0 Å². The zero-order valence-corrected chi connectivity index (χ0v) is 17.9. The lowest BCUT2D eigenvalue weighted by atomic mass is 10.1. The molecule has 7 heteroatoms. The van der Waals surface area contributed by atoms with Crippen LogP contribution in [-0.2, 0) is 10.8 Å². The molecule has 2 nitrogen and oxygen atoms in total. The molecule has 124 valence electrons. The molecule has 0 fully saturated rings. The monoisotopic (exact) mass is 396 g/mol. The molecule has 0 amide bonds. The Labute approximate surface area is 149 Å². The lowest BCUT2D eigenvalue weighted by Crippen LogP contribution is -2.42. The summed E-state index contributed by atoms with van der Waals surface area (Å²) in [6, 6.07) is 5.33. The maximum absolute atomic E-state index is 12.3. The van der Waals surface area contributed by atoms with Crippen LogP contribution in [0.1, 0.15) is 36.7 Å². The van der Waals surface area contributed by atoms with Crippen LogP contribution in [0.3, 0.4) is 0 Å². The molecule has 1 aromatic rings. The molecule has 0 aliphatic carbocycles. The van der Waals surface area contributed by atoms with E-state index in [4.69, 9.17) is 37.7 Å². The highest BCUT2D eigenvalue weighted by atomic mass is 35.8. The third kappa shape index (κ3) is 6.24. The zero-order valence-electron chi connectivity index (χ0n) is 13.7. The number of rotatable bonds is 5. The highest BCUT2D eigenvalue weighted by Crippen LogP contribution is 2.37. The molecule has 0 heterocycles. The molecule has 1 rings (SSSR count). The molecule has 0 aromatic heterocycles. The number of hydrogen-bond acceptors (Lipinski definition) is 2. The summed E-state index contributed by atoms with van der Waals surface area (Å²) in [6.07, 6.45) is 0.709. The third-order valence-corrected chi connectivity index (χ3v) is 10.9. The highest BCUT2D eigenvalue weighted by molar-refractivity contribution is 7.64. The second kappa shape index (κ2) is 7.26. The number of carbonyl (C=O) groups is 1. The molecule has 0 saturated heterocycles. The predicted molar refractivity (Wildman–Crippen MR) is 101 cm³/mol. The highest BCUT2D eigenvalue weighted by Gasteiger charge is 2.40. The van der Waals surface area contributed by atoms with Gasteiger partial charge in [0.15, 0.2) is 0 Å². The molecule has 0 N–H and O–H groups in total. The summed E-state index contributed by atoms with van der Waals surface area (Å²) in [4.78, 5) is 12.3. The molecule has 0 aliphatic rings. The number of carbonyl (C=O) groups excluding carboxylic acids is 1. The van der Waals surface area contributed by atoms with E-state index in [9.17, 15) is 4.79 Å². The molecular weight excluding hydrogens is 375 g/mol. The summed E-state index contributed by atoms with van der Waals surface area (Å²) in [7, 11) is -2.10. The van der Waals surface area contributed by atoms with Crippen LogP contribution in [0, 0.1) is 0 Å². The van der Waals surface area contributed by atoms with E-state index >= 15 is 0 Å². The fourth-order valence-electron chi connectivity index (χ4n) is 1.54. The normalized spacial score (nSPS) is 13.1. The van der Waals surface area contributed by atoms with Gasteiger partial charge in [0.05, 0.1) is 5.56 Å². The van der Waals surface area contributed by atoms with Gasteiger partial charge in [0.25, 0.3) is 8.32 Å². The van der Waals surface area contributed by atoms with Crippen LogP contribution in [0.2, 0.25) is 24.2 Å². The largest absolute Gasteiger partial charge is 0.516 e. The van der Waals surface area contributed by atoms with Crippen molar-refractivity contribution in [3.63, 3.8) is 0 Å². The van der Waals surface area contributed by atoms with Crippen LogP contribution < -0.4 is 0 Å². The topological polar surface area (TPSA) is 26.3 Å². The van der Waals surface area contributed by atoms with Gasteiger partial charge in [-0.3, -0.25) is 0 Å². The summed E-state index contributed by atoms with van der Waals surface area (Å²) < 4.78 is 5.79. The second-order valence-corrected chi connectivity index (χ2v) is 21.0. The number of aryl methyl sites for hydroxylation is 1. The number of benzene rings is 1. The van der Waals surface area contributed by atoms with E-state index in [2.05, 4.69) is 33.9 Å². The van der Waals surface area contributed by atoms with Crippen molar-refractivity contribution in [1.29, 1.82) is 0 Å². The van der Waals surface area contributed by atoms with E-state index in [0.29, 0.717) is 18.0 Å². The molecule has 0 aliphatic heterocycles. The van der Waals surface area contributed by atoms with Crippen molar-refractivity contribution in [2.24, 2.45) is 0 Å². The average molecular weight is 398 g/mol. The van der Waals surface area contributed by atoms with Gasteiger partial charge in [-0.15, -0.1) is 33.2 Å². The van der Waals surface area contributed by atoms with E-state index < -0.39 is 14.3 Å². The third-order valence-electron chi connectivity index (χ3n) is 4.04. The predicted octanol–water partition coefficient (Wildman–Crippen LogP) is 6.05. The molecule has 22 heavy (non-hydrogen) atoms. The molecule has 0 saturated carbocycles. The number of halogens is 3. The summed E-state index contributed by atoms with van der Waals surface area (Å²) in [6.45, 7) is 10.4. The lowest BCUT2D eigenvalue weighted by molar-refractivity contribution is 0.0712. The average Bonchev–Trinajstić information content (AvgIpc) is 2.34. The Morgan fingerprint density at radius 1 is 1.09 bits per heavy atom. The van der Waals surface area contributed by atoms with Gasteiger partial charge in [0, 0.05) is 0 Å². The van der Waals surface area contributed by atoms with Crippen molar-refractivity contribution < 1.29 is 9.22 Å². The summed E-state index contributed by atoms with van der Waals surface area (Å²) in [5.41, 5.74) is 1.63. The van der Waals surface area contributed by atoms with Crippen molar-refractivity contribution in [2.45, 2.75) is 51.4 Å². The molecule has 1 aromatic carbocycles. The van der Waals surface area contributed by atoms with Crippen molar-refractivity contribution in [3.05, 3.63) is 35.4 Å². The summed E-state index contributed by atoms with van der Waals surface area (Å²) in [5.74, 6) is -0.256. The van der Waals surface area contributed by atoms with Gasteiger partial charge >= 0.3 is 12.0 Å². The van der Waals surface area contributed by atoms with E-state index in [-0.39, 0.29) is 11.0 Å². The Balaban J connectivity index is 2.73. The fourth-order valence-corrected chi connectivity index (χ4v) is 3.85. The van der Waals surface area contributed by atoms with Gasteiger partial charge in [-0.05, 0) is 48.3 Å². The van der Waals surface area contributed by atoms with E-state index in [1.165, 1.54) is 0 Å². The quantitative estimate of drug-likeness (QED) is 0.446. The van der Waals surface area contributed by atoms with Gasteiger partial charge in [0.2, 0.25) is 0 Å². The van der Waals surface area contributed by atoms with E-state index in [1.807, 2.05) is 12.1 Å². The minimum Gasteiger partial charge on any atom is -0.516 e. The first-order valence-electron chi connectivity index (χ1n) is 7.21. The second-order valence-electron chi connectivity index (χ2n) is 6.96. The van der Waals surface area contributed by atoms with Crippen molar-refractivity contribution in [1.82, 2.24) is 0 Å². The first-order valence-corrected chi connectivity index (χ1v) is 15.4. The standard InChI is InChI=1S/C15H23Cl3O2Si2/c1-15(2,3)21(4,5)20-14(19)13-8-6-12(7-9-13)10-11-22(16,17)18/h6-9H,10-11H2,1-5H3. The first-order chi connectivity index (χ1) is 9.82. The van der Waals surface area contributed by atoms with Gasteiger partial charge in [-0.25, -0.2) is 4.79 Å². The van der Waals surface area contributed by atoms with Gasteiger partial charge in [-0.1, -0.05) is 32.9 Å². The molecule has 0 atom stereocenters. The van der Waals surface area contributed by atoms with Crippen LogP contribution in [0.4, 0.5) is 0 Å². The Hall–Kier alpha value is -0.00623. The van der Waals surface area contributed by atoms with Gasteiger partial charge in [0.1, 0.15) is 0 Å². The minimum atomic E-state index is -2.60. The van der Waals surface area contributed by atoms with Crippen molar-refractivity contribution in [2.75, 3.05) is 0 Å². The SMILES string of the molecule is CC(C)(C)[Si](C)(C)OC(=O)c1ccc(CC[Si](Cl)(Cl)Cl)cc1. The Morgan fingerprint density at radius 3 is 2.00 bits per heavy atom. The smallest absolute Gasteiger partial charge is 0.341 e. The fraction of sp³-hybridized carbons (Fsp3) is 0.533. The Morgan fingerprint density at radius 2 is 1.59 bits per heavy atom. The van der Waals surface area contributed by atoms with E-state index in [1.54, 1.807) is 12.1 Å². The molecular formula is C15H23Cl3O2Si2. The Bertz CT molecular complexity index is 517. The first kappa shape index (κ1) is 20.0. The zero-order chi connectivity index (χ0) is 17.2. The Kier molecular flexibility index (Phi) is 6.62. The van der Waals surface area contributed by atoms with Crippen molar-refractivity contribution >= 4 is 53.5 Å².